The van der Waals surface area contributed by atoms with E-state index in [1.54, 1.807) is 30.3 Å². The highest BCUT2D eigenvalue weighted by atomic mass is 35.5. The number of rotatable bonds is 7. The van der Waals surface area contributed by atoms with E-state index in [1.807, 2.05) is 18.2 Å². The smallest absolute Gasteiger partial charge is 0.257 e. The number of amides is 1. The monoisotopic (exact) mass is 387 g/mol. The van der Waals surface area contributed by atoms with Crippen LogP contribution < -0.4 is 10.1 Å². The van der Waals surface area contributed by atoms with E-state index >= 15 is 0 Å². The molecule has 7 heteroatoms. The Labute approximate surface area is 161 Å². The molecule has 26 heavy (non-hydrogen) atoms. The van der Waals surface area contributed by atoms with E-state index < -0.39 is 0 Å². The highest BCUT2D eigenvalue weighted by Crippen LogP contribution is 2.31. The molecule has 0 unspecified atom stereocenters. The maximum absolute atomic E-state index is 12.4. The summed E-state index contributed by atoms with van der Waals surface area (Å²) in [6.45, 7) is 2.79. The molecule has 1 heterocycles. The summed E-state index contributed by atoms with van der Waals surface area (Å²) >= 11 is 7.45. The van der Waals surface area contributed by atoms with E-state index in [1.165, 1.54) is 11.3 Å². The van der Waals surface area contributed by atoms with Gasteiger partial charge in [0, 0.05) is 11.1 Å². The van der Waals surface area contributed by atoms with Crippen LogP contribution in [0.3, 0.4) is 0 Å². The Hall–Kier alpha value is -2.44. The number of anilines is 1. The van der Waals surface area contributed by atoms with Crippen molar-refractivity contribution < 1.29 is 9.53 Å². The number of nitrogens with one attached hydrogen (secondary N) is 1. The molecule has 0 saturated carbocycles. The molecule has 1 amide bonds. The molecule has 5 nitrogen and oxygen atoms in total. The Morgan fingerprint density at radius 2 is 1.92 bits per heavy atom. The van der Waals surface area contributed by atoms with E-state index in [0.29, 0.717) is 27.3 Å². The van der Waals surface area contributed by atoms with Crippen LogP contribution in [0.25, 0.3) is 10.6 Å². The van der Waals surface area contributed by atoms with Gasteiger partial charge in [0.25, 0.3) is 5.91 Å². The molecule has 0 aliphatic carbocycles. The average Bonchev–Trinajstić information content (AvgIpc) is 3.11. The van der Waals surface area contributed by atoms with E-state index in [2.05, 4.69) is 22.4 Å². The fraction of sp³-hybridized carbons (Fsp3) is 0.211. The highest BCUT2D eigenvalue weighted by molar-refractivity contribution is 7.18. The minimum Gasteiger partial charge on any atom is -0.494 e. The second-order valence-electron chi connectivity index (χ2n) is 5.57. The molecule has 0 bridgehead atoms. The van der Waals surface area contributed by atoms with Crippen LogP contribution in [0.4, 0.5) is 5.13 Å². The van der Waals surface area contributed by atoms with Crippen molar-refractivity contribution >= 4 is 34.0 Å². The van der Waals surface area contributed by atoms with Gasteiger partial charge in [0.05, 0.1) is 11.6 Å². The van der Waals surface area contributed by atoms with Crippen LogP contribution in [0, 0.1) is 0 Å². The van der Waals surface area contributed by atoms with Gasteiger partial charge in [-0.3, -0.25) is 10.1 Å². The van der Waals surface area contributed by atoms with Gasteiger partial charge in [-0.15, -0.1) is 10.2 Å². The van der Waals surface area contributed by atoms with Crippen molar-refractivity contribution in [2.75, 3.05) is 11.9 Å². The van der Waals surface area contributed by atoms with Crippen molar-refractivity contribution in [1.82, 2.24) is 10.2 Å². The summed E-state index contributed by atoms with van der Waals surface area (Å²) in [6.07, 6.45) is 2.09. The largest absolute Gasteiger partial charge is 0.494 e. The molecule has 3 aromatic rings. The Morgan fingerprint density at radius 3 is 2.65 bits per heavy atom. The quantitative estimate of drug-likeness (QED) is 0.559. The molecule has 0 spiro atoms. The van der Waals surface area contributed by atoms with Crippen molar-refractivity contribution in [3.05, 3.63) is 59.1 Å². The minimum atomic E-state index is -0.244. The van der Waals surface area contributed by atoms with Crippen molar-refractivity contribution in [1.29, 1.82) is 0 Å². The second kappa shape index (κ2) is 8.78. The number of carbonyl (C=O) groups excluding carboxylic acids is 1. The Balaban J connectivity index is 1.64. The third-order valence-corrected chi connectivity index (χ3v) is 4.83. The summed E-state index contributed by atoms with van der Waals surface area (Å²) in [5.74, 6) is 0.513. The third-order valence-electron chi connectivity index (χ3n) is 3.63. The highest BCUT2D eigenvalue weighted by Gasteiger charge is 2.13. The van der Waals surface area contributed by atoms with Gasteiger partial charge < -0.3 is 4.74 Å². The molecule has 3 rings (SSSR count). The molecule has 0 radical (unpaired) electrons. The van der Waals surface area contributed by atoms with Crippen molar-refractivity contribution in [2.24, 2.45) is 0 Å². The average molecular weight is 388 g/mol. The summed E-state index contributed by atoms with van der Waals surface area (Å²) in [5.41, 5.74) is 1.32. The predicted octanol–water partition coefficient (Wildman–Crippen LogP) is 5.29. The molecule has 0 aliphatic heterocycles. The molecule has 0 atom stereocenters. The molecule has 0 saturated heterocycles. The van der Waals surface area contributed by atoms with Crippen LogP contribution >= 0.6 is 22.9 Å². The Bertz CT molecular complexity index is 881. The van der Waals surface area contributed by atoms with Gasteiger partial charge in [0.15, 0.2) is 5.01 Å². The number of aromatic nitrogens is 2. The molecular weight excluding hydrogens is 370 g/mol. The lowest BCUT2D eigenvalue weighted by molar-refractivity contribution is 0.102. The Morgan fingerprint density at radius 1 is 1.15 bits per heavy atom. The molecule has 134 valence electrons. The zero-order valence-corrected chi connectivity index (χ0v) is 15.8. The first-order chi connectivity index (χ1) is 12.7. The van der Waals surface area contributed by atoms with Gasteiger partial charge in [-0.1, -0.05) is 54.5 Å². The third kappa shape index (κ3) is 4.59. The second-order valence-corrected chi connectivity index (χ2v) is 6.96. The standard InChI is InChI=1S/C19H18ClN3O2S/c1-2-3-12-25-14-10-8-13(9-11-14)17(24)21-19-23-22-18(26-19)15-6-4-5-7-16(15)20/h4-11H,2-3,12H2,1H3,(H,21,23,24). The number of benzene rings is 2. The normalized spacial score (nSPS) is 10.5. The van der Waals surface area contributed by atoms with Gasteiger partial charge in [0.2, 0.25) is 5.13 Å². The van der Waals surface area contributed by atoms with E-state index in [-0.39, 0.29) is 5.91 Å². The fourth-order valence-electron chi connectivity index (χ4n) is 2.22. The van der Waals surface area contributed by atoms with Gasteiger partial charge in [-0.25, -0.2) is 0 Å². The molecule has 0 fully saturated rings. The summed E-state index contributed by atoms with van der Waals surface area (Å²) in [4.78, 5) is 12.4. The Kier molecular flexibility index (Phi) is 6.20. The van der Waals surface area contributed by atoms with E-state index in [0.717, 1.165) is 24.2 Å². The van der Waals surface area contributed by atoms with Crippen LogP contribution in [0.2, 0.25) is 5.02 Å². The molecule has 0 aliphatic rings. The van der Waals surface area contributed by atoms with Gasteiger partial charge in [-0.2, -0.15) is 0 Å². The number of carbonyl (C=O) groups is 1. The first-order valence-corrected chi connectivity index (χ1v) is 9.49. The summed E-state index contributed by atoms with van der Waals surface area (Å²) in [7, 11) is 0. The number of ether oxygens (including phenoxy) is 1. The summed E-state index contributed by atoms with van der Waals surface area (Å²) < 4.78 is 5.60. The van der Waals surface area contributed by atoms with Gasteiger partial charge >= 0.3 is 0 Å². The number of nitrogens with zero attached hydrogens (tertiary/aromatic N) is 2. The molecule has 1 aromatic heterocycles. The lowest BCUT2D eigenvalue weighted by Crippen LogP contribution is -2.11. The summed E-state index contributed by atoms with van der Waals surface area (Å²) in [6, 6.07) is 14.4. The topological polar surface area (TPSA) is 64.1 Å². The fourth-order valence-corrected chi connectivity index (χ4v) is 3.28. The number of hydrogen-bond acceptors (Lipinski definition) is 5. The summed E-state index contributed by atoms with van der Waals surface area (Å²) in [5, 5.41) is 12.6. The van der Waals surface area contributed by atoms with Crippen molar-refractivity contribution in [2.45, 2.75) is 19.8 Å². The van der Waals surface area contributed by atoms with Crippen molar-refractivity contribution in [3.8, 4) is 16.3 Å². The van der Waals surface area contributed by atoms with Crippen LogP contribution in [0.15, 0.2) is 48.5 Å². The number of unbranched alkanes of at least 4 members (excludes halogenated alkanes) is 1. The lowest BCUT2D eigenvalue weighted by Gasteiger charge is -2.06. The zero-order valence-electron chi connectivity index (χ0n) is 14.2. The van der Waals surface area contributed by atoms with E-state index in [9.17, 15) is 4.79 Å². The first-order valence-electron chi connectivity index (χ1n) is 8.30. The zero-order chi connectivity index (χ0) is 18.4. The SMILES string of the molecule is CCCCOc1ccc(C(=O)Nc2nnc(-c3ccccc3Cl)s2)cc1. The van der Waals surface area contributed by atoms with Gasteiger partial charge in [0.1, 0.15) is 5.75 Å². The first kappa shape index (κ1) is 18.4. The van der Waals surface area contributed by atoms with Crippen molar-refractivity contribution in [3.63, 3.8) is 0 Å². The van der Waals surface area contributed by atoms with Gasteiger partial charge in [-0.05, 0) is 36.8 Å². The maximum Gasteiger partial charge on any atom is 0.257 e. The molecular formula is C19H18ClN3O2S. The number of hydrogen-bond donors (Lipinski definition) is 1. The van der Waals surface area contributed by atoms with Crippen LogP contribution in [-0.4, -0.2) is 22.7 Å². The molecule has 2 aromatic carbocycles. The lowest BCUT2D eigenvalue weighted by atomic mass is 10.2. The maximum atomic E-state index is 12.4. The molecule has 1 N–H and O–H groups in total. The predicted molar refractivity (Wildman–Crippen MR) is 105 cm³/mol. The van der Waals surface area contributed by atoms with Crippen LogP contribution in [0.1, 0.15) is 30.1 Å². The van der Waals surface area contributed by atoms with Crippen LogP contribution in [0.5, 0.6) is 5.75 Å². The van der Waals surface area contributed by atoms with Crippen LogP contribution in [-0.2, 0) is 0 Å². The minimum absolute atomic E-state index is 0.244. The van der Waals surface area contributed by atoms with E-state index in [4.69, 9.17) is 16.3 Å². The number of halogens is 1.